The summed E-state index contributed by atoms with van der Waals surface area (Å²) >= 11 is 3.37. The van der Waals surface area contributed by atoms with E-state index in [1.54, 1.807) is 12.1 Å². The highest BCUT2D eigenvalue weighted by molar-refractivity contribution is 9.10. The number of nitrogens with zero attached hydrogens (tertiary/aromatic N) is 1. The van der Waals surface area contributed by atoms with Crippen molar-refractivity contribution in [1.82, 2.24) is 0 Å². The minimum atomic E-state index is 0.188. The molecule has 0 amide bonds. The second-order valence-electron chi connectivity index (χ2n) is 4.22. The number of phenols is 1. The Balaban J connectivity index is 2.32. The van der Waals surface area contributed by atoms with E-state index in [4.69, 9.17) is 4.74 Å². The summed E-state index contributed by atoms with van der Waals surface area (Å²) in [5, 5.41) is 9.74. The zero-order valence-corrected chi connectivity index (χ0v) is 10.9. The van der Waals surface area contributed by atoms with E-state index < -0.39 is 0 Å². The summed E-state index contributed by atoms with van der Waals surface area (Å²) in [6.45, 7) is 4.82. The molecule has 0 saturated carbocycles. The van der Waals surface area contributed by atoms with Crippen molar-refractivity contribution in [1.29, 1.82) is 0 Å². The van der Waals surface area contributed by atoms with Crippen molar-refractivity contribution in [2.75, 3.05) is 6.61 Å². The van der Waals surface area contributed by atoms with Crippen LogP contribution in [0.15, 0.2) is 27.7 Å². The van der Waals surface area contributed by atoms with Crippen molar-refractivity contribution < 1.29 is 9.84 Å². The van der Waals surface area contributed by atoms with Crippen molar-refractivity contribution in [2.24, 2.45) is 10.9 Å². The molecule has 1 N–H and O–H groups in total. The SMILES string of the molecule is CC(C)C1COC(c2cc(Br)ccc2O)=N1. The number of hydrogen-bond donors (Lipinski definition) is 1. The first kappa shape index (κ1) is 11.5. The van der Waals surface area contributed by atoms with Gasteiger partial charge in [0.05, 0.1) is 11.6 Å². The molecule has 1 atom stereocenters. The summed E-state index contributed by atoms with van der Waals surface area (Å²) in [5.41, 5.74) is 0.650. The largest absolute Gasteiger partial charge is 0.507 e. The van der Waals surface area contributed by atoms with E-state index in [-0.39, 0.29) is 11.8 Å². The Morgan fingerprint density at radius 1 is 1.50 bits per heavy atom. The predicted octanol–water partition coefficient (Wildman–Crippen LogP) is 2.96. The number of halogens is 1. The smallest absolute Gasteiger partial charge is 0.220 e. The van der Waals surface area contributed by atoms with Gasteiger partial charge >= 0.3 is 0 Å². The first-order valence-corrected chi connectivity index (χ1v) is 6.06. The summed E-state index contributed by atoms with van der Waals surface area (Å²) in [7, 11) is 0. The minimum absolute atomic E-state index is 0.188. The van der Waals surface area contributed by atoms with Gasteiger partial charge in [0, 0.05) is 4.47 Å². The van der Waals surface area contributed by atoms with Gasteiger partial charge in [-0.1, -0.05) is 29.8 Å². The van der Waals surface area contributed by atoms with Gasteiger partial charge in [-0.25, -0.2) is 4.99 Å². The third-order valence-corrected chi connectivity index (χ3v) is 3.13. The normalized spacial score (nSPS) is 19.8. The number of hydrogen-bond acceptors (Lipinski definition) is 3. The van der Waals surface area contributed by atoms with Crippen LogP contribution in [-0.2, 0) is 4.74 Å². The fourth-order valence-corrected chi connectivity index (χ4v) is 1.92. The number of aliphatic imine (C=N–C) groups is 1. The number of ether oxygens (including phenoxy) is 1. The lowest BCUT2D eigenvalue weighted by molar-refractivity contribution is 0.291. The highest BCUT2D eigenvalue weighted by Gasteiger charge is 2.24. The van der Waals surface area contributed by atoms with Crippen LogP contribution >= 0.6 is 15.9 Å². The molecule has 3 nitrogen and oxygen atoms in total. The first-order valence-electron chi connectivity index (χ1n) is 5.27. The lowest BCUT2D eigenvalue weighted by Gasteiger charge is -2.06. The van der Waals surface area contributed by atoms with Crippen LogP contribution < -0.4 is 0 Å². The van der Waals surface area contributed by atoms with Crippen LogP contribution in [0.2, 0.25) is 0 Å². The zero-order chi connectivity index (χ0) is 11.7. The van der Waals surface area contributed by atoms with E-state index in [0.717, 1.165) is 4.47 Å². The molecule has 0 aliphatic carbocycles. The molecule has 0 spiro atoms. The fourth-order valence-electron chi connectivity index (χ4n) is 1.56. The maximum Gasteiger partial charge on any atom is 0.220 e. The summed E-state index contributed by atoms with van der Waals surface area (Å²) in [5.74, 6) is 1.19. The third-order valence-electron chi connectivity index (χ3n) is 2.63. The minimum Gasteiger partial charge on any atom is -0.507 e. The highest BCUT2D eigenvalue weighted by Crippen LogP contribution is 2.26. The lowest BCUT2D eigenvalue weighted by Crippen LogP contribution is -2.13. The molecule has 1 unspecified atom stereocenters. The Labute approximate surface area is 103 Å². The molecular formula is C12H14BrNO2. The highest BCUT2D eigenvalue weighted by atomic mass is 79.9. The average molecular weight is 284 g/mol. The van der Waals surface area contributed by atoms with Gasteiger partial charge in [-0.2, -0.15) is 0 Å². The summed E-state index contributed by atoms with van der Waals surface area (Å²) in [4.78, 5) is 4.47. The van der Waals surface area contributed by atoms with Crippen LogP contribution in [0.3, 0.4) is 0 Å². The molecule has 0 bridgehead atoms. The Morgan fingerprint density at radius 3 is 2.88 bits per heavy atom. The fraction of sp³-hybridized carbons (Fsp3) is 0.417. The summed E-state index contributed by atoms with van der Waals surface area (Å²) < 4.78 is 6.42. The quantitative estimate of drug-likeness (QED) is 0.907. The molecule has 0 saturated heterocycles. The average Bonchev–Trinajstić information content (AvgIpc) is 2.70. The van der Waals surface area contributed by atoms with Gasteiger partial charge in [0.25, 0.3) is 0 Å². The number of rotatable bonds is 2. The van der Waals surface area contributed by atoms with Crippen LogP contribution in [0.5, 0.6) is 5.75 Å². The lowest BCUT2D eigenvalue weighted by atomic mass is 10.1. The van der Waals surface area contributed by atoms with Crippen molar-refractivity contribution in [3.8, 4) is 5.75 Å². The number of benzene rings is 1. The molecule has 1 aromatic carbocycles. The molecule has 0 fully saturated rings. The Kier molecular flexibility index (Phi) is 3.19. The maximum atomic E-state index is 9.74. The van der Waals surface area contributed by atoms with Gasteiger partial charge in [0.2, 0.25) is 5.90 Å². The van der Waals surface area contributed by atoms with E-state index >= 15 is 0 Å². The van der Waals surface area contributed by atoms with Crippen LogP contribution in [0, 0.1) is 5.92 Å². The summed E-state index contributed by atoms with van der Waals surface area (Å²) in [6.07, 6.45) is 0. The molecule has 16 heavy (non-hydrogen) atoms. The van der Waals surface area contributed by atoms with Crippen molar-refractivity contribution >= 4 is 21.8 Å². The van der Waals surface area contributed by atoms with Gasteiger partial charge in [-0.3, -0.25) is 0 Å². The predicted molar refractivity (Wildman–Crippen MR) is 66.9 cm³/mol. The van der Waals surface area contributed by atoms with Gasteiger partial charge in [0.15, 0.2) is 0 Å². The molecular weight excluding hydrogens is 270 g/mol. The molecule has 0 aromatic heterocycles. The monoisotopic (exact) mass is 283 g/mol. The van der Waals surface area contributed by atoms with Crippen LogP contribution in [-0.4, -0.2) is 23.7 Å². The van der Waals surface area contributed by atoms with Gasteiger partial charge < -0.3 is 9.84 Å². The second kappa shape index (κ2) is 4.45. The molecule has 0 radical (unpaired) electrons. The first-order chi connectivity index (χ1) is 7.58. The van der Waals surface area contributed by atoms with Gasteiger partial charge in [0.1, 0.15) is 12.4 Å². The molecule has 1 aliphatic heterocycles. The van der Waals surface area contributed by atoms with E-state index in [0.29, 0.717) is 24.0 Å². The number of phenolic OH excluding ortho intramolecular Hbond substituents is 1. The van der Waals surface area contributed by atoms with E-state index in [9.17, 15) is 5.11 Å². The molecule has 1 aliphatic rings. The Hall–Kier alpha value is -1.03. The van der Waals surface area contributed by atoms with Crippen LogP contribution in [0.1, 0.15) is 19.4 Å². The second-order valence-corrected chi connectivity index (χ2v) is 5.13. The molecule has 2 rings (SSSR count). The van der Waals surface area contributed by atoms with Crippen LogP contribution in [0.4, 0.5) is 0 Å². The van der Waals surface area contributed by atoms with Crippen molar-refractivity contribution in [2.45, 2.75) is 19.9 Å². The molecule has 1 aromatic rings. The molecule has 1 heterocycles. The van der Waals surface area contributed by atoms with E-state index in [1.165, 1.54) is 0 Å². The zero-order valence-electron chi connectivity index (χ0n) is 9.27. The Morgan fingerprint density at radius 2 is 2.25 bits per heavy atom. The van der Waals surface area contributed by atoms with Crippen LogP contribution in [0.25, 0.3) is 0 Å². The Bertz CT molecular complexity index is 429. The van der Waals surface area contributed by atoms with Crippen molar-refractivity contribution in [3.05, 3.63) is 28.2 Å². The molecule has 4 heteroatoms. The van der Waals surface area contributed by atoms with Gasteiger partial charge in [-0.15, -0.1) is 0 Å². The van der Waals surface area contributed by atoms with Gasteiger partial charge in [-0.05, 0) is 24.1 Å². The standard InChI is InChI=1S/C12H14BrNO2/c1-7(2)10-6-16-12(14-10)9-5-8(13)3-4-11(9)15/h3-5,7,10,15H,6H2,1-2H3. The topological polar surface area (TPSA) is 41.8 Å². The maximum absolute atomic E-state index is 9.74. The van der Waals surface area contributed by atoms with Crippen molar-refractivity contribution in [3.63, 3.8) is 0 Å². The van der Waals surface area contributed by atoms with E-state index in [1.807, 2.05) is 6.07 Å². The molecule has 86 valence electrons. The van der Waals surface area contributed by atoms with E-state index in [2.05, 4.69) is 34.8 Å². The third kappa shape index (κ3) is 2.21. The summed E-state index contributed by atoms with van der Waals surface area (Å²) in [6, 6.07) is 5.42. The number of aromatic hydroxyl groups is 1.